The summed E-state index contributed by atoms with van der Waals surface area (Å²) in [5, 5.41) is 11.7. The predicted molar refractivity (Wildman–Crippen MR) is 130 cm³/mol. The van der Waals surface area contributed by atoms with E-state index < -0.39 is 31.2 Å². The summed E-state index contributed by atoms with van der Waals surface area (Å²) in [5.41, 5.74) is 1.73. The molecular weight excluding hydrogens is 485 g/mol. The van der Waals surface area contributed by atoms with Gasteiger partial charge in [0.1, 0.15) is 0 Å². The van der Waals surface area contributed by atoms with Crippen LogP contribution in [0.25, 0.3) is 0 Å². The van der Waals surface area contributed by atoms with Crippen molar-refractivity contribution in [2.24, 2.45) is 16.7 Å². The Labute approximate surface area is 199 Å². The summed E-state index contributed by atoms with van der Waals surface area (Å²) in [7, 11) is -3.74. The minimum atomic E-state index is -3.74. The zero-order valence-corrected chi connectivity index (χ0v) is 21.6. The van der Waals surface area contributed by atoms with Crippen LogP contribution >= 0.6 is 0 Å². The maximum absolute atomic E-state index is 13.9. The summed E-state index contributed by atoms with van der Waals surface area (Å²) in [6, 6.07) is 16.3. The molecule has 2 aliphatic rings. The molecule has 0 radical (unpaired) electrons. The van der Waals surface area contributed by atoms with E-state index in [4.69, 9.17) is 0 Å². The summed E-state index contributed by atoms with van der Waals surface area (Å²) >= 11 is -0.393. The molecule has 0 spiro atoms. The van der Waals surface area contributed by atoms with E-state index >= 15 is 0 Å². The summed E-state index contributed by atoms with van der Waals surface area (Å²) < 4.78 is 29.4. The molecule has 4 nitrogen and oxygen atoms in total. The van der Waals surface area contributed by atoms with Gasteiger partial charge in [0, 0.05) is 0 Å². The van der Waals surface area contributed by atoms with Crippen LogP contribution in [-0.4, -0.2) is 38.1 Å². The number of sulfonamides is 1. The summed E-state index contributed by atoms with van der Waals surface area (Å²) in [6.07, 6.45) is 4.29. The Bertz CT molecular complexity index is 1070. The minimum absolute atomic E-state index is 0.0177. The Kier molecular flexibility index (Phi) is 6.47. The van der Waals surface area contributed by atoms with Crippen LogP contribution in [0.2, 0.25) is 5.32 Å². The number of nitrogens with zero attached hydrogens (tertiary/aromatic N) is 1. The molecule has 2 fully saturated rings. The number of aliphatic hydroxyl groups is 1. The molecule has 2 aromatic carbocycles. The van der Waals surface area contributed by atoms with Crippen LogP contribution < -0.4 is 0 Å². The molecule has 2 bridgehead atoms. The van der Waals surface area contributed by atoms with Crippen LogP contribution in [0.4, 0.5) is 0 Å². The van der Waals surface area contributed by atoms with Gasteiger partial charge < -0.3 is 0 Å². The standard InChI is InChI=1S/C26H33NO3SSe/c1-5-23(20-9-7-6-8-10-20)27(31(29,30)22-13-11-19(2)12-14-22)32-18-26-16-15-21(17-24(26)28)25(26,3)4/h5-14,21,23-24,28H,1,15-18H2,2-4H3. The number of aliphatic hydroxyl groups excluding tert-OH is 1. The van der Waals surface area contributed by atoms with Crippen LogP contribution in [0.1, 0.15) is 50.3 Å². The Morgan fingerprint density at radius 1 is 1.19 bits per heavy atom. The summed E-state index contributed by atoms with van der Waals surface area (Å²) in [5.74, 6) is 0.514. The summed E-state index contributed by atoms with van der Waals surface area (Å²) in [4.78, 5) is 0.306. The number of fused-ring (bicyclic) bond motifs is 2. The number of hydrogen-bond acceptors (Lipinski definition) is 3. The molecular formula is C26H33NO3SSe. The molecule has 0 heterocycles. The van der Waals surface area contributed by atoms with Crippen molar-refractivity contribution >= 4 is 25.2 Å². The topological polar surface area (TPSA) is 57.6 Å². The Balaban J connectivity index is 1.73. The van der Waals surface area contributed by atoms with Gasteiger partial charge in [-0.25, -0.2) is 0 Å². The monoisotopic (exact) mass is 519 g/mol. The normalized spacial score (nSPS) is 27.5. The molecule has 0 amide bonds. The second-order valence-electron chi connectivity index (χ2n) is 9.80. The quantitative estimate of drug-likeness (QED) is 0.389. The number of benzene rings is 2. The van der Waals surface area contributed by atoms with E-state index in [0.717, 1.165) is 30.4 Å². The molecule has 0 aliphatic heterocycles. The number of aryl methyl sites for hydroxylation is 1. The second kappa shape index (κ2) is 8.73. The van der Waals surface area contributed by atoms with Gasteiger partial charge in [-0.2, -0.15) is 0 Å². The van der Waals surface area contributed by atoms with Gasteiger partial charge in [0.15, 0.2) is 0 Å². The molecule has 4 atom stereocenters. The number of rotatable bonds is 8. The van der Waals surface area contributed by atoms with Crippen LogP contribution in [-0.2, 0) is 10.0 Å². The molecule has 2 aliphatic carbocycles. The fourth-order valence-corrected chi connectivity index (χ4v) is 11.7. The van der Waals surface area contributed by atoms with Crippen molar-refractivity contribution in [3.8, 4) is 0 Å². The van der Waals surface area contributed by atoms with E-state index in [1.54, 1.807) is 21.5 Å². The zero-order chi connectivity index (χ0) is 23.1. The molecule has 2 aromatic rings. The molecule has 4 rings (SSSR count). The van der Waals surface area contributed by atoms with Crippen molar-refractivity contribution in [3.63, 3.8) is 0 Å². The SMILES string of the molecule is C=CC(c1ccccc1)N([Se]CC12CCC(CC1O)C2(C)C)S(=O)(=O)c1ccc(C)cc1. The molecule has 0 saturated heterocycles. The number of hydrogen-bond donors (Lipinski definition) is 1. The van der Waals surface area contributed by atoms with Gasteiger partial charge in [-0.05, 0) is 0 Å². The van der Waals surface area contributed by atoms with Gasteiger partial charge in [-0.3, -0.25) is 0 Å². The molecule has 4 unspecified atom stereocenters. The first kappa shape index (κ1) is 23.7. The van der Waals surface area contributed by atoms with Crippen molar-refractivity contribution in [1.82, 2.24) is 3.32 Å². The fraction of sp³-hybridized carbons (Fsp3) is 0.462. The molecule has 1 N–H and O–H groups in total. The molecule has 6 heteroatoms. The van der Waals surface area contributed by atoms with E-state index in [2.05, 4.69) is 20.4 Å². The van der Waals surface area contributed by atoms with E-state index in [0.29, 0.717) is 16.1 Å². The Hall–Kier alpha value is -1.43. The van der Waals surface area contributed by atoms with Gasteiger partial charge >= 0.3 is 200 Å². The molecule has 2 saturated carbocycles. The third-order valence-corrected chi connectivity index (χ3v) is 13.7. The van der Waals surface area contributed by atoms with Crippen molar-refractivity contribution in [3.05, 3.63) is 78.4 Å². The van der Waals surface area contributed by atoms with Gasteiger partial charge in [0.25, 0.3) is 0 Å². The van der Waals surface area contributed by atoms with Gasteiger partial charge in [-0.1, -0.05) is 0 Å². The third-order valence-electron chi connectivity index (χ3n) is 7.98. The van der Waals surface area contributed by atoms with Crippen molar-refractivity contribution in [1.29, 1.82) is 0 Å². The molecule has 172 valence electrons. The van der Waals surface area contributed by atoms with Crippen molar-refractivity contribution in [2.75, 3.05) is 0 Å². The van der Waals surface area contributed by atoms with Crippen molar-refractivity contribution < 1.29 is 13.5 Å². The molecule has 32 heavy (non-hydrogen) atoms. The van der Waals surface area contributed by atoms with Crippen LogP contribution in [0.15, 0.2) is 72.1 Å². The van der Waals surface area contributed by atoms with Crippen LogP contribution in [0.3, 0.4) is 0 Å². The maximum atomic E-state index is 13.9. The van der Waals surface area contributed by atoms with Crippen LogP contribution in [0, 0.1) is 23.7 Å². The fourth-order valence-electron chi connectivity index (χ4n) is 5.67. The first-order chi connectivity index (χ1) is 15.1. The summed E-state index contributed by atoms with van der Waals surface area (Å²) in [6.45, 7) is 10.5. The first-order valence-electron chi connectivity index (χ1n) is 11.2. The Morgan fingerprint density at radius 3 is 2.38 bits per heavy atom. The van der Waals surface area contributed by atoms with E-state index in [-0.39, 0.29) is 16.9 Å². The van der Waals surface area contributed by atoms with Gasteiger partial charge in [0.2, 0.25) is 0 Å². The predicted octanol–water partition coefficient (Wildman–Crippen LogP) is 5.14. The van der Waals surface area contributed by atoms with E-state index in [1.165, 1.54) is 0 Å². The molecule has 0 aromatic heterocycles. The third kappa shape index (κ3) is 3.80. The van der Waals surface area contributed by atoms with E-state index in [1.807, 2.05) is 49.4 Å². The van der Waals surface area contributed by atoms with Gasteiger partial charge in [-0.15, -0.1) is 0 Å². The average molecular weight is 519 g/mol. The first-order valence-corrected chi connectivity index (χ1v) is 14.6. The average Bonchev–Trinajstić information content (AvgIpc) is 3.12. The van der Waals surface area contributed by atoms with E-state index in [9.17, 15) is 13.5 Å². The zero-order valence-electron chi connectivity index (χ0n) is 19.1. The van der Waals surface area contributed by atoms with Crippen molar-refractivity contribution in [2.45, 2.75) is 62.4 Å². The van der Waals surface area contributed by atoms with Gasteiger partial charge in [0.05, 0.1) is 0 Å². The van der Waals surface area contributed by atoms with Crippen LogP contribution in [0.5, 0.6) is 0 Å². The second-order valence-corrected chi connectivity index (χ2v) is 14.1. The Morgan fingerprint density at radius 2 is 1.84 bits per heavy atom.